The second-order valence-corrected chi connectivity index (χ2v) is 8.08. The average molecular weight is 438 g/mol. The second kappa shape index (κ2) is 15.7. The summed E-state index contributed by atoms with van der Waals surface area (Å²) >= 11 is 0. The molecule has 6 heteroatoms. The van der Waals surface area contributed by atoms with Crippen LogP contribution in [-0.4, -0.2) is 37.2 Å². The number of carbonyl (C=O) groups is 1. The molecule has 1 aromatic carbocycles. The number of para-hydroxylation sites is 1. The standard InChI is InChI=1S/C21H27N5O.C5H12/c1-16(2)11-18-7-5-6-8-19(18)25-21(24-14-22-4)13-26(15-27)20-12-23-10-9-17(20)3;1-3-5-4-2/h5-10,12,14-16H,11,13H2,1-4H3,(H,22,24,25);3-5H2,1-2H3. The number of nitrogens with one attached hydrogen (secondary N) is 1. The highest BCUT2D eigenvalue weighted by atomic mass is 16.1. The van der Waals surface area contributed by atoms with Crippen molar-refractivity contribution in [1.82, 2.24) is 4.98 Å². The summed E-state index contributed by atoms with van der Waals surface area (Å²) in [5.41, 5.74) is 3.93. The zero-order chi connectivity index (χ0) is 23.8. The van der Waals surface area contributed by atoms with Gasteiger partial charge in [0.25, 0.3) is 0 Å². The summed E-state index contributed by atoms with van der Waals surface area (Å²) in [4.78, 5) is 25.8. The highest BCUT2D eigenvalue weighted by Gasteiger charge is 2.13. The summed E-state index contributed by atoms with van der Waals surface area (Å²) in [5.74, 6) is 1.17. The van der Waals surface area contributed by atoms with Gasteiger partial charge in [-0.2, -0.15) is 0 Å². The number of rotatable bonds is 10. The molecule has 2 rings (SSSR count). The first-order valence-electron chi connectivity index (χ1n) is 11.4. The summed E-state index contributed by atoms with van der Waals surface area (Å²) in [5, 5.41) is 3.38. The fourth-order valence-electron chi connectivity index (χ4n) is 3.11. The highest BCUT2D eigenvalue weighted by Crippen LogP contribution is 2.20. The molecule has 0 fully saturated rings. The van der Waals surface area contributed by atoms with Crippen LogP contribution < -0.4 is 10.2 Å². The number of amides is 1. The molecule has 1 N–H and O–H groups in total. The Bertz CT molecular complexity index is 859. The van der Waals surface area contributed by atoms with Crippen molar-refractivity contribution in [2.24, 2.45) is 15.9 Å². The van der Waals surface area contributed by atoms with Crippen LogP contribution >= 0.6 is 0 Å². The van der Waals surface area contributed by atoms with Crippen LogP contribution in [-0.2, 0) is 11.2 Å². The Morgan fingerprint density at radius 1 is 1.19 bits per heavy atom. The topological polar surface area (TPSA) is 70.0 Å². The van der Waals surface area contributed by atoms with Gasteiger partial charge < -0.3 is 10.2 Å². The van der Waals surface area contributed by atoms with Crippen LogP contribution in [0, 0.1) is 12.8 Å². The third kappa shape index (κ3) is 9.86. The molecule has 0 spiro atoms. The maximum atomic E-state index is 11.7. The molecule has 0 bridgehead atoms. The van der Waals surface area contributed by atoms with E-state index >= 15 is 0 Å². The smallest absolute Gasteiger partial charge is 0.214 e. The maximum absolute atomic E-state index is 11.7. The summed E-state index contributed by atoms with van der Waals surface area (Å²) in [6, 6.07) is 10.0. The number of amidine groups is 1. The molecular formula is C26H39N5O. The Morgan fingerprint density at radius 2 is 1.91 bits per heavy atom. The van der Waals surface area contributed by atoms with E-state index in [4.69, 9.17) is 0 Å². The van der Waals surface area contributed by atoms with Gasteiger partial charge in [-0.3, -0.25) is 14.8 Å². The predicted molar refractivity (Wildman–Crippen MR) is 138 cm³/mol. The third-order valence-electron chi connectivity index (χ3n) is 4.73. The maximum Gasteiger partial charge on any atom is 0.214 e. The number of pyridine rings is 1. The van der Waals surface area contributed by atoms with Gasteiger partial charge in [0.2, 0.25) is 6.41 Å². The normalized spacial score (nSPS) is 11.3. The van der Waals surface area contributed by atoms with Crippen molar-refractivity contribution in [3.05, 3.63) is 53.9 Å². The molecule has 0 aliphatic heterocycles. The molecule has 1 aromatic heterocycles. The van der Waals surface area contributed by atoms with Gasteiger partial charge >= 0.3 is 0 Å². The van der Waals surface area contributed by atoms with Gasteiger partial charge in [-0.05, 0) is 42.5 Å². The van der Waals surface area contributed by atoms with E-state index in [1.165, 1.54) is 31.2 Å². The molecule has 0 saturated heterocycles. The van der Waals surface area contributed by atoms with Gasteiger partial charge in [-0.15, -0.1) is 0 Å². The van der Waals surface area contributed by atoms with E-state index < -0.39 is 0 Å². The highest BCUT2D eigenvalue weighted by molar-refractivity contribution is 6.04. The van der Waals surface area contributed by atoms with Crippen LogP contribution in [0.15, 0.2) is 52.7 Å². The Hall–Kier alpha value is -3.02. The largest absolute Gasteiger partial charge is 0.342 e. The number of unbranched alkanes of at least 4 members (excludes halogenated alkanes) is 2. The Labute approximate surface area is 193 Å². The van der Waals surface area contributed by atoms with Crippen LogP contribution in [0.3, 0.4) is 0 Å². The second-order valence-electron chi connectivity index (χ2n) is 8.08. The Morgan fingerprint density at radius 3 is 2.47 bits per heavy atom. The van der Waals surface area contributed by atoms with E-state index in [2.05, 4.69) is 54.0 Å². The lowest BCUT2D eigenvalue weighted by Crippen LogP contribution is -2.33. The van der Waals surface area contributed by atoms with Crippen molar-refractivity contribution in [2.75, 3.05) is 23.8 Å². The minimum atomic E-state index is 0.290. The van der Waals surface area contributed by atoms with Crippen LogP contribution in [0.5, 0.6) is 0 Å². The van der Waals surface area contributed by atoms with Gasteiger partial charge in [-0.25, -0.2) is 4.99 Å². The lowest BCUT2D eigenvalue weighted by Gasteiger charge is -2.21. The zero-order valence-electron chi connectivity index (χ0n) is 20.5. The lowest BCUT2D eigenvalue weighted by atomic mass is 10.0. The van der Waals surface area contributed by atoms with Gasteiger partial charge in [0, 0.05) is 18.9 Å². The number of hydrogen-bond donors (Lipinski definition) is 1. The number of hydrogen-bond acceptors (Lipinski definition) is 3. The minimum absolute atomic E-state index is 0.290. The van der Waals surface area contributed by atoms with Crippen LogP contribution in [0.25, 0.3) is 0 Å². The zero-order valence-corrected chi connectivity index (χ0v) is 20.5. The summed E-state index contributed by atoms with van der Waals surface area (Å²) in [6.45, 7) is 11.0. The number of aryl methyl sites for hydroxylation is 1. The molecule has 0 atom stereocenters. The van der Waals surface area contributed by atoms with Crippen molar-refractivity contribution >= 4 is 30.0 Å². The van der Waals surface area contributed by atoms with Gasteiger partial charge in [0.15, 0.2) is 0 Å². The van der Waals surface area contributed by atoms with Gasteiger partial charge in [0.1, 0.15) is 12.2 Å². The van der Waals surface area contributed by atoms with E-state index in [9.17, 15) is 4.79 Å². The fraction of sp³-hybridized carbons (Fsp3) is 0.462. The number of aromatic nitrogens is 1. The fourth-order valence-corrected chi connectivity index (χ4v) is 3.11. The Kier molecular flexibility index (Phi) is 13.3. The molecule has 0 radical (unpaired) electrons. The number of carbonyl (C=O) groups excluding carboxylic acids is 1. The SMILES string of the molecule is CCCCC.CN=CN=C(CN(C=O)c1cnccc1C)Nc1ccccc1CC(C)C. The van der Waals surface area contributed by atoms with Crippen molar-refractivity contribution in [3.63, 3.8) is 0 Å². The van der Waals surface area contributed by atoms with E-state index in [0.29, 0.717) is 11.8 Å². The first-order chi connectivity index (χ1) is 15.5. The van der Waals surface area contributed by atoms with Crippen molar-refractivity contribution < 1.29 is 4.79 Å². The molecule has 0 aliphatic rings. The average Bonchev–Trinajstić information content (AvgIpc) is 2.78. The molecule has 0 unspecified atom stereocenters. The molecule has 32 heavy (non-hydrogen) atoms. The van der Waals surface area contributed by atoms with E-state index in [1.54, 1.807) is 24.3 Å². The van der Waals surface area contributed by atoms with Gasteiger partial charge in [-0.1, -0.05) is 65.2 Å². The summed E-state index contributed by atoms with van der Waals surface area (Å²) in [7, 11) is 1.66. The van der Waals surface area contributed by atoms with Crippen molar-refractivity contribution in [1.29, 1.82) is 0 Å². The van der Waals surface area contributed by atoms with E-state index in [0.717, 1.165) is 29.8 Å². The van der Waals surface area contributed by atoms with Crippen molar-refractivity contribution in [3.8, 4) is 0 Å². The van der Waals surface area contributed by atoms with Crippen LogP contribution in [0.1, 0.15) is 58.1 Å². The summed E-state index contributed by atoms with van der Waals surface area (Å²) in [6.07, 6.45) is 10.7. The number of aliphatic imine (C=N–C) groups is 2. The molecule has 1 amide bonds. The quantitative estimate of drug-likeness (QED) is 0.285. The predicted octanol–water partition coefficient (Wildman–Crippen LogP) is 5.92. The molecule has 1 heterocycles. The van der Waals surface area contributed by atoms with E-state index in [1.807, 2.05) is 31.2 Å². The number of nitrogens with zero attached hydrogens (tertiary/aromatic N) is 4. The van der Waals surface area contributed by atoms with Gasteiger partial charge in [0.05, 0.1) is 18.4 Å². The summed E-state index contributed by atoms with van der Waals surface area (Å²) < 4.78 is 0. The number of benzene rings is 1. The lowest BCUT2D eigenvalue weighted by molar-refractivity contribution is -0.107. The minimum Gasteiger partial charge on any atom is -0.342 e. The van der Waals surface area contributed by atoms with Crippen molar-refractivity contribution in [2.45, 2.75) is 60.3 Å². The first kappa shape index (κ1) is 27.0. The third-order valence-corrected chi connectivity index (χ3v) is 4.73. The van der Waals surface area contributed by atoms with E-state index in [-0.39, 0.29) is 6.54 Å². The molecular weight excluding hydrogens is 398 g/mol. The molecule has 6 nitrogen and oxygen atoms in total. The molecule has 0 aliphatic carbocycles. The Balaban J connectivity index is 0.000000920. The van der Waals surface area contributed by atoms with Crippen LogP contribution in [0.2, 0.25) is 0 Å². The molecule has 0 saturated carbocycles. The monoisotopic (exact) mass is 437 g/mol. The molecule has 174 valence electrons. The molecule has 2 aromatic rings. The first-order valence-corrected chi connectivity index (χ1v) is 11.4. The number of anilines is 2. The van der Waals surface area contributed by atoms with Crippen LogP contribution in [0.4, 0.5) is 11.4 Å².